The first-order valence-corrected chi connectivity index (χ1v) is 11.3. The standard InChI is InChI=1S/C26H26FN5O2/c1-4-16-9-18(10-22(27)25(16)26(33)30-19-14-31(2)15-19)23-11-21(7-8-28-23)34-20-6-5-17-13-29-32(3)24(17)12-20/h5-13,19H,4,14-15H2,1-3H3,(H,30,33). The molecule has 1 saturated heterocycles. The number of hydrogen-bond donors (Lipinski definition) is 1. The van der Waals surface area contributed by atoms with Crippen LogP contribution in [0.5, 0.6) is 11.5 Å². The van der Waals surface area contributed by atoms with Crippen LogP contribution in [0.2, 0.25) is 0 Å². The summed E-state index contributed by atoms with van der Waals surface area (Å²) in [5, 5.41) is 8.21. The number of rotatable bonds is 6. The minimum absolute atomic E-state index is 0.0577. The van der Waals surface area contributed by atoms with Crippen molar-refractivity contribution in [3.8, 4) is 22.8 Å². The number of carbonyl (C=O) groups excluding carboxylic acids is 1. The summed E-state index contributed by atoms with van der Waals surface area (Å²) < 4.78 is 23.0. The lowest BCUT2D eigenvalue weighted by atomic mass is 9.98. The van der Waals surface area contributed by atoms with Crippen LogP contribution in [0.1, 0.15) is 22.8 Å². The molecular weight excluding hydrogens is 433 g/mol. The Balaban J connectivity index is 1.41. The number of aryl methyl sites for hydroxylation is 2. The van der Waals surface area contributed by atoms with E-state index in [4.69, 9.17) is 4.74 Å². The van der Waals surface area contributed by atoms with Gasteiger partial charge in [0.15, 0.2) is 0 Å². The van der Waals surface area contributed by atoms with Crippen LogP contribution in [0, 0.1) is 5.82 Å². The van der Waals surface area contributed by atoms with Gasteiger partial charge in [0.05, 0.1) is 29.0 Å². The molecule has 1 aliphatic rings. The second kappa shape index (κ2) is 8.87. The number of ether oxygens (including phenoxy) is 1. The van der Waals surface area contributed by atoms with E-state index in [1.165, 1.54) is 6.07 Å². The van der Waals surface area contributed by atoms with Crippen LogP contribution in [0.3, 0.4) is 0 Å². The van der Waals surface area contributed by atoms with Gasteiger partial charge in [-0.2, -0.15) is 5.10 Å². The summed E-state index contributed by atoms with van der Waals surface area (Å²) in [5.74, 6) is 0.340. The van der Waals surface area contributed by atoms with Gasteiger partial charge in [-0.1, -0.05) is 6.92 Å². The number of nitrogens with zero attached hydrogens (tertiary/aromatic N) is 4. The number of nitrogens with one attached hydrogen (secondary N) is 1. The second-order valence-electron chi connectivity index (χ2n) is 8.70. The topological polar surface area (TPSA) is 72.3 Å². The first-order valence-electron chi connectivity index (χ1n) is 11.3. The summed E-state index contributed by atoms with van der Waals surface area (Å²) in [6.45, 7) is 3.46. The van der Waals surface area contributed by atoms with Gasteiger partial charge in [-0.15, -0.1) is 0 Å². The van der Waals surface area contributed by atoms with E-state index in [9.17, 15) is 4.79 Å². The number of benzene rings is 2. The lowest BCUT2D eigenvalue weighted by molar-refractivity contribution is 0.0853. The summed E-state index contributed by atoms with van der Waals surface area (Å²) in [4.78, 5) is 19.3. The number of pyridine rings is 1. The Kier molecular flexibility index (Phi) is 5.75. The van der Waals surface area contributed by atoms with Crippen molar-refractivity contribution in [3.05, 3.63) is 71.8 Å². The highest BCUT2D eigenvalue weighted by Gasteiger charge is 2.27. The van der Waals surface area contributed by atoms with Crippen LogP contribution in [0.25, 0.3) is 22.2 Å². The molecule has 0 spiro atoms. The Morgan fingerprint density at radius 3 is 2.71 bits per heavy atom. The molecule has 34 heavy (non-hydrogen) atoms. The fraction of sp³-hybridized carbons (Fsp3) is 0.269. The molecule has 7 nitrogen and oxygen atoms in total. The lowest BCUT2D eigenvalue weighted by Crippen LogP contribution is -2.57. The number of amides is 1. The quantitative estimate of drug-likeness (QED) is 0.469. The fourth-order valence-corrected chi connectivity index (χ4v) is 4.35. The van der Waals surface area contributed by atoms with E-state index >= 15 is 4.39 Å². The molecular formula is C26H26FN5O2. The minimum Gasteiger partial charge on any atom is -0.457 e. The van der Waals surface area contributed by atoms with Gasteiger partial charge < -0.3 is 15.0 Å². The van der Waals surface area contributed by atoms with Crippen molar-refractivity contribution >= 4 is 16.8 Å². The molecule has 4 aromatic rings. The predicted molar refractivity (Wildman–Crippen MR) is 129 cm³/mol. The third-order valence-electron chi connectivity index (χ3n) is 6.16. The molecule has 5 rings (SSSR count). The van der Waals surface area contributed by atoms with E-state index in [-0.39, 0.29) is 17.5 Å². The van der Waals surface area contributed by atoms with Gasteiger partial charge in [-0.3, -0.25) is 14.5 Å². The maximum Gasteiger partial charge on any atom is 0.254 e. The number of likely N-dealkylation sites (N-methyl/N-ethyl adjacent to an activating group) is 1. The van der Waals surface area contributed by atoms with Crippen molar-refractivity contribution in [2.24, 2.45) is 7.05 Å². The average Bonchev–Trinajstić information content (AvgIpc) is 3.17. The monoisotopic (exact) mass is 459 g/mol. The number of hydrogen-bond acceptors (Lipinski definition) is 5. The molecule has 2 aromatic heterocycles. The van der Waals surface area contributed by atoms with Gasteiger partial charge in [-0.25, -0.2) is 4.39 Å². The fourth-order valence-electron chi connectivity index (χ4n) is 4.35. The summed E-state index contributed by atoms with van der Waals surface area (Å²) in [7, 11) is 3.86. The molecule has 0 radical (unpaired) electrons. The number of aromatic nitrogens is 3. The van der Waals surface area contributed by atoms with Crippen LogP contribution in [0.4, 0.5) is 4.39 Å². The summed E-state index contributed by atoms with van der Waals surface area (Å²) >= 11 is 0. The Labute approximate surface area is 197 Å². The molecule has 0 atom stereocenters. The molecule has 0 unspecified atom stereocenters. The molecule has 174 valence electrons. The van der Waals surface area contributed by atoms with Crippen molar-refractivity contribution in [3.63, 3.8) is 0 Å². The van der Waals surface area contributed by atoms with E-state index in [0.29, 0.717) is 34.7 Å². The molecule has 0 aliphatic carbocycles. The summed E-state index contributed by atoms with van der Waals surface area (Å²) in [6.07, 6.45) is 3.96. The molecule has 2 aromatic carbocycles. The van der Waals surface area contributed by atoms with Crippen LogP contribution in [0.15, 0.2) is 54.9 Å². The zero-order valence-electron chi connectivity index (χ0n) is 19.4. The number of halogens is 1. The number of fused-ring (bicyclic) bond motifs is 1. The Hall–Kier alpha value is -3.78. The van der Waals surface area contributed by atoms with Crippen LogP contribution >= 0.6 is 0 Å². The van der Waals surface area contributed by atoms with E-state index in [1.54, 1.807) is 29.2 Å². The van der Waals surface area contributed by atoms with Crippen LogP contribution in [-0.4, -0.2) is 51.8 Å². The van der Waals surface area contributed by atoms with Crippen molar-refractivity contribution < 1.29 is 13.9 Å². The molecule has 1 N–H and O–H groups in total. The maximum absolute atomic E-state index is 15.1. The van der Waals surface area contributed by atoms with Crippen molar-refractivity contribution in [2.75, 3.05) is 20.1 Å². The third-order valence-corrected chi connectivity index (χ3v) is 6.16. The largest absolute Gasteiger partial charge is 0.457 e. The first-order chi connectivity index (χ1) is 16.4. The van der Waals surface area contributed by atoms with Gasteiger partial charge in [0.1, 0.15) is 17.3 Å². The smallest absolute Gasteiger partial charge is 0.254 e. The van der Waals surface area contributed by atoms with Crippen LogP contribution < -0.4 is 10.1 Å². The molecule has 0 bridgehead atoms. The predicted octanol–water partition coefficient (Wildman–Crippen LogP) is 4.17. The third kappa shape index (κ3) is 4.24. The Morgan fingerprint density at radius 1 is 1.15 bits per heavy atom. The highest BCUT2D eigenvalue weighted by Crippen LogP contribution is 2.30. The molecule has 8 heteroatoms. The van der Waals surface area contributed by atoms with E-state index in [2.05, 4.69) is 20.3 Å². The molecule has 1 aliphatic heterocycles. The van der Waals surface area contributed by atoms with E-state index < -0.39 is 5.82 Å². The summed E-state index contributed by atoms with van der Waals surface area (Å²) in [6, 6.07) is 12.5. The van der Waals surface area contributed by atoms with Crippen molar-refractivity contribution in [1.82, 2.24) is 25.0 Å². The van der Waals surface area contributed by atoms with Gasteiger partial charge in [-0.05, 0) is 49.4 Å². The highest BCUT2D eigenvalue weighted by molar-refractivity contribution is 5.97. The van der Waals surface area contributed by atoms with Crippen LogP contribution in [-0.2, 0) is 13.5 Å². The Morgan fingerprint density at radius 2 is 1.94 bits per heavy atom. The Bertz CT molecular complexity index is 1380. The molecule has 1 amide bonds. The normalized spacial score (nSPS) is 14.2. The minimum atomic E-state index is -0.547. The lowest BCUT2D eigenvalue weighted by Gasteiger charge is -2.36. The van der Waals surface area contributed by atoms with E-state index in [1.807, 2.05) is 45.3 Å². The van der Waals surface area contributed by atoms with Gasteiger partial charge in [0, 0.05) is 49.4 Å². The molecule has 3 heterocycles. The highest BCUT2D eigenvalue weighted by atomic mass is 19.1. The second-order valence-corrected chi connectivity index (χ2v) is 8.70. The zero-order valence-corrected chi connectivity index (χ0v) is 19.4. The van der Waals surface area contributed by atoms with Gasteiger partial charge in [0.25, 0.3) is 5.91 Å². The zero-order chi connectivity index (χ0) is 23.8. The van der Waals surface area contributed by atoms with Gasteiger partial charge >= 0.3 is 0 Å². The van der Waals surface area contributed by atoms with Crippen molar-refractivity contribution in [1.29, 1.82) is 0 Å². The molecule has 0 saturated carbocycles. The SMILES string of the molecule is CCc1cc(-c2cc(Oc3ccc4cnn(C)c4c3)ccn2)cc(F)c1C(=O)NC1CN(C)C1. The first kappa shape index (κ1) is 22.0. The maximum atomic E-state index is 15.1. The molecule has 1 fully saturated rings. The average molecular weight is 460 g/mol. The van der Waals surface area contributed by atoms with Crippen molar-refractivity contribution in [2.45, 2.75) is 19.4 Å². The summed E-state index contributed by atoms with van der Waals surface area (Å²) in [5.41, 5.74) is 2.89. The number of likely N-dealkylation sites (tertiary alicyclic amines) is 1. The van der Waals surface area contributed by atoms with Gasteiger partial charge in [0.2, 0.25) is 0 Å². The number of carbonyl (C=O) groups is 1. The van der Waals surface area contributed by atoms with E-state index in [0.717, 1.165) is 24.0 Å².